The Labute approximate surface area is 108 Å². The molecular weight excluding hydrogens is 250 g/mol. The van der Waals surface area contributed by atoms with E-state index in [4.69, 9.17) is 0 Å². The SMILES string of the molecule is O=S1(=O)CCCC(n2cncc2C2CCCN2)C1. The second-order valence-electron chi connectivity index (χ2n) is 5.29. The van der Waals surface area contributed by atoms with E-state index in [1.807, 2.05) is 6.20 Å². The molecule has 6 heteroatoms. The molecule has 2 unspecified atom stereocenters. The van der Waals surface area contributed by atoms with Gasteiger partial charge in [-0.25, -0.2) is 13.4 Å². The third-order valence-corrected chi connectivity index (χ3v) is 5.75. The first-order valence-electron chi connectivity index (χ1n) is 6.61. The van der Waals surface area contributed by atoms with Gasteiger partial charge in [-0.1, -0.05) is 0 Å². The third kappa shape index (κ3) is 2.31. The maximum Gasteiger partial charge on any atom is 0.152 e. The zero-order chi connectivity index (χ0) is 12.6. The van der Waals surface area contributed by atoms with Gasteiger partial charge in [-0.3, -0.25) is 0 Å². The quantitative estimate of drug-likeness (QED) is 0.872. The zero-order valence-electron chi connectivity index (χ0n) is 10.4. The molecule has 0 saturated carbocycles. The normalized spacial score (nSPS) is 31.6. The highest BCUT2D eigenvalue weighted by Gasteiger charge is 2.29. The second kappa shape index (κ2) is 4.66. The van der Waals surface area contributed by atoms with E-state index in [1.54, 1.807) is 6.33 Å². The minimum Gasteiger partial charge on any atom is -0.329 e. The van der Waals surface area contributed by atoms with Crippen molar-refractivity contribution in [2.45, 2.75) is 37.8 Å². The van der Waals surface area contributed by atoms with Crippen LogP contribution < -0.4 is 5.32 Å². The van der Waals surface area contributed by atoms with Crippen LogP contribution in [0.4, 0.5) is 0 Å². The molecule has 5 nitrogen and oxygen atoms in total. The minimum atomic E-state index is -2.87. The average Bonchev–Trinajstić information content (AvgIpc) is 2.98. The number of imidazole rings is 1. The maximum absolute atomic E-state index is 11.7. The summed E-state index contributed by atoms with van der Waals surface area (Å²) < 4.78 is 25.6. The van der Waals surface area contributed by atoms with E-state index in [2.05, 4.69) is 14.9 Å². The van der Waals surface area contributed by atoms with Gasteiger partial charge >= 0.3 is 0 Å². The van der Waals surface area contributed by atoms with Crippen LogP contribution in [0.1, 0.15) is 43.5 Å². The molecule has 3 heterocycles. The first kappa shape index (κ1) is 12.2. The fraction of sp³-hybridized carbons (Fsp3) is 0.750. The molecule has 2 aliphatic heterocycles. The van der Waals surface area contributed by atoms with E-state index in [1.165, 1.54) is 6.42 Å². The number of nitrogens with one attached hydrogen (secondary N) is 1. The molecule has 2 fully saturated rings. The minimum absolute atomic E-state index is 0.0728. The molecule has 18 heavy (non-hydrogen) atoms. The highest BCUT2D eigenvalue weighted by molar-refractivity contribution is 7.91. The summed E-state index contributed by atoms with van der Waals surface area (Å²) in [4.78, 5) is 4.22. The monoisotopic (exact) mass is 269 g/mol. The lowest BCUT2D eigenvalue weighted by molar-refractivity contribution is 0.442. The lowest BCUT2D eigenvalue weighted by atomic mass is 10.1. The van der Waals surface area contributed by atoms with Crippen LogP contribution in [-0.2, 0) is 9.84 Å². The fourth-order valence-corrected chi connectivity index (χ4v) is 4.73. The van der Waals surface area contributed by atoms with Gasteiger partial charge in [0.25, 0.3) is 0 Å². The van der Waals surface area contributed by atoms with Crippen molar-refractivity contribution in [3.63, 3.8) is 0 Å². The molecule has 3 rings (SSSR count). The predicted molar refractivity (Wildman–Crippen MR) is 69.1 cm³/mol. The molecule has 1 aromatic heterocycles. The van der Waals surface area contributed by atoms with E-state index in [0.717, 1.165) is 31.5 Å². The van der Waals surface area contributed by atoms with Crippen molar-refractivity contribution in [3.05, 3.63) is 18.2 Å². The van der Waals surface area contributed by atoms with Crippen LogP contribution in [0.25, 0.3) is 0 Å². The molecule has 2 atom stereocenters. The summed E-state index contributed by atoms with van der Waals surface area (Å²) in [5.41, 5.74) is 1.15. The molecule has 0 spiro atoms. The molecule has 0 aromatic carbocycles. The molecule has 2 aliphatic rings. The Morgan fingerprint density at radius 3 is 2.94 bits per heavy atom. The van der Waals surface area contributed by atoms with Crippen LogP contribution in [0.5, 0.6) is 0 Å². The molecule has 2 saturated heterocycles. The van der Waals surface area contributed by atoms with Crippen molar-refractivity contribution in [2.24, 2.45) is 0 Å². The van der Waals surface area contributed by atoms with Crippen LogP contribution >= 0.6 is 0 Å². The fourth-order valence-electron chi connectivity index (χ4n) is 3.04. The summed E-state index contributed by atoms with van der Waals surface area (Å²) in [7, 11) is -2.87. The molecular formula is C12H19N3O2S. The highest BCUT2D eigenvalue weighted by Crippen LogP contribution is 2.29. The van der Waals surface area contributed by atoms with E-state index in [0.29, 0.717) is 11.8 Å². The number of nitrogens with zero attached hydrogens (tertiary/aromatic N) is 2. The Hall–Kier alpha value is -0.880. The van der Waals surface area contributed by atoms with Crippen LogP contribution in [0.3, 0.4) is 0 Å². The smallest absolute Gasteiger partial charge is 0.152 e. The lowest BCUT2D eigenvalue weighted by Crippen LogP contribution is -2.29. The maximum atomic E-state index is 11.7. The number of hydrogen-bond donors (Lipinski definition) is 1. The van der Waals surface area contributed by atoms with Crippen LogP contribution in [-0.4, -0.2) is 36.0 Å². The number of hydrogen-bond acceptors (Lipinski definition) is 4. The van der Waals surface area contributed by atoms with Crippen molar-refractivity contribution < 1.29 is 8.42 Å². The largest absolute Gasteiger partial charge is 0.329 e. The number of aromatic nitrogens is 2. The number of sulfone groups is 1. The first-order valence-corrected chi connectivity index (χ1v) is 8.43. The van der Waals surface area contributed by atoms with Crippen molar-refractivity contribution in [1.29, 1.82) is 0 Å². The number of rotatable bonds is 2. The van der Waals surface area contributed by atoms with Gasteiger partial charge in [-0.05, 0) is 32.2 Å². The molecule has 0 aliphatic carbocycles. The van der Waals surface area contributed by atoms with Crippen molar-refractivity contribution >= 4 is 9.84 Å². The van der Waals surface area contributed by atoms with Gasteiger partial charge in [0.15, 0.2) is 9.84 Å². The summed E-state index contributed by atoms with van der Waals surface area (Å²) in [5.74, 6) is 0.609. The van der Waals surface area contributed by atoms with E-state index < -0.39 is 9.84 Å². The van der Waals surface area contributed by atoms with Crippen LogP contribution in [0.15, 0.2) is 12.5 Å². The molecule has 1 aromatic rings. The molecule has 1 N–H and O–H groups in total. The standard InChI is InChI=1S/C12H19N3O2S/c16-18(17)6-2-3-10(8-18)15-9-13-7-12(15)11-4-1-5-14-11/h7,9-11,14H,1-6,8H2. The summed E-state index contributed by atoms with van der Waals surface area (Å²) >= 11 is 0. The van der Waals surface area contributed by atoms with E-state index >= 15 is 0 Å². The Morgan fingerprint density at radius 2 is 2.22 bits per heavy atom. The van der Waals surface area contributed by atoms with Gasteiger partial charge in [0.2, 0.25) is 0 Å². The summed E-state index contributed by atoms with van der Waals surface area (Å²) in [6, 6.07) is 0.417. The van der Waals surface area contributed by atoms with Gasteiger partial charge < -0.3 is 9.88 Å². The van der Waals surface area contributed by atoms with E-state index in [-0.39, 0.29) is 11.8 Å². The van der Waals surface area contributed by atoms with Crippen LogP contribution in [0, 0.1) is 0 Å². The summed E-state index contributed by atoms with van der Waals surface area (Å²) in [6.07, 6.45) is 7.67. The Morgan fingerprint density at radius 1 is 1.33 bits per heavy atom. The van der Waals surface area contributed by atoms with Crippen molar-refractivity contribution in [1.82, 2.24) is 14.9 Å². The molecule has 0 amide bonds. The average molecular weight is 269 g/mol. The Kier molecular flexibility index (Phi) is 3.15. The van der Waals surface area contributed by atoms with Crippen molar-refractivity contribution in [2.75, 3.05) is 18.1 Å². The lowest BCUT2D eigenvalue weighted by Gasteiger charge is -2.26. The van der Waals surface area contributed by atoms with Crippen LogP contribution in [0.2, 0.25) is 0 Å². The highest BCUT2D eigenvalue weighted by atomic mass is 32.2. The van der Waals surface area contributed by atoms with Crippen molar-refractivity contribution in [3.8, 4) is 0 Å². The van der Waals surface area contributed by atoms with Gasteiger partial charge in [0.1, 0.15) is 0 Å². The van der Waals surface area contributed by atoms with Gasteiger partial charge in [-0.15, -0.1) is 0 Å². The predicted octanol–water partition coefficient (Wildman–Crippen LogP) is 1.06. The third-order valence-electron chi connectivity index (χ3n) is 3.95. The Balaban J connectivity index is 1.85. The zero-order valence-corrected chi connectivity index (χ0v) is 11.2. The summed E-state index contributed by atoms with van der Waals surface area (Å²) in [5, 5.41) is 3.45. The van der Waals surface area contributed by atoms with Gasteiger partial charge in [0, 0.05) is 18.3 Å². The molecule has 0 radical (unpaired) electrons. The van der Waals surface area contributed by atoms with E-state index in [9.17, 15) is 8.42 Å². The Bertz CT molecular complexity index is 517. The molecule has 100 valence electrons. The first-order chi connectivity index (χ1) is 8.66. The summed E-state index contributed by atoms with van der Waals surface area (Å²) in [6.45, 7) is 1.04. The van der Waals surface area contributed by atoms with Gasteiger partial charge in [-0.2, -0.15) is 0 Å². The second-order valence-corrected chi connectivity index (χ2v) is 7.51. The van der Waals surface area contributed by atoms with Gasteiger partial charge in [0.05, 0.1) is 23.5 Å². The molecule has 0 bridgehead atoms. The topological polar surface area (TPSA) is 64.0 Å².